The lowest BCUT2D eigenvalue weighted by molar-refractivity contribution is -0.143. The first-order valence-electron chi connectivity index (χ1n) is 8.19. The van der Waals surface area contributed by atoms with Crippen LogP contribution in [0.5, 0.6) is 0 Å². The fourth-order valence-electron chi connectivity index (χ4n) is 4.83. The molecule has 6 rings (SSSR count). The number of hydrogen-bond donors (Lipinski definition) is 1. The van der Waals surface area contributed by atoms with Gasteiger partial charge in [0, 0.05) is 10.0 Å². The Bertz CT molecular complexity index is 767. The third kappa shape index (κ3) is 1.83. The number of amides is 3. The molecule has 1 aromatic carbocycles. The topological polar surface area (TPSA) is 66.5 Å². The van der Waals surface area contributed by atoms with Gasteiger partial charge in [0.2, 0.25) is 0 Å². The van der Waals surface area contributed by atoms with E-state index in [0.717, 1.165) is 15.9 Å². The normalized spacial score (nSPS) is 38.1. The number of nitrogens with zero attached hydrogens (tertiary/aromatic N) is 1. The van der Waals surface area contributed by atoms with Crippen molar-refractivity contribution in [3.8, 4) is 0 Å². The Morgan fingerprint density at radius 2 is 1.54 bits per heavy atom. The number of hydrogen-bond acceptors (Lipinski definition) is 3. The molecule has 3 fully saturated rings. The zero-order valence-electron chi connectivity index (χ0n) is 12.7. The Morgan fingerprint density at radius 1 is 1.00 bits per heavy atom. The minimum Gasteiger partial charge on any atom is -0.272 e. The summed E-state index contributed by atoms with van der Waals surface area (Å²) >= 11 is 3.32. The summed E-state index contributed by atoms with van der Waals surface area (Å²) < 4.78 is 0.861. The number of rotatable bonds is 2. The maximum absolute atomic E-state index is 12.8. The number of imide groups is 1. The quantitative estimate of drug-likeness (QED) is 0.625. The van der Waals surface area contributed by atoms with Crippen LogP contribution in [0.25, 0.3) is 0 Å². The van der Waals surface area contributed by atoms with Crippen LogP contribution in [-0.2, 0) is 9.59 Å². The zero-order chi connectivity index (χ0) is 16.6. The first-order valence-corrected chi connectivity index (χ1v) is 8.98. The lowest BCUT2D eigenvalue weighted by Gasteiger charge is -2.37. The van der Waals surface area contributed by atoms with Gasteiger partial charge in [-0.3, -0.25) is 19.8 Å². The van der Waals surface area contributed by atoms with Gasteiger partial charge in [-0.05, 0) is 54.4 Å². The van der Waals surface area contributed by atoms with Crippen LogP contribution in [-0.4, -0.2) is 22.7 Å². The second-order valence-electron chi connectivity index (χ2n) is 7.11. The van der Waals surface area contributed by atoms with Gasteiger partial charge < -0.3 is 0 Å². The number of halogens is 1. The summed E-state index contributed by atoms with van der Waals surface area (Å²) in [5, 5.41) is 0.970. The Kier molecular flexibility index (Phi) is 2.87. The first kappa shape index (κ1) is 14.4. The number of carbonyl (C=O) groups is 3. The fraction of sp³-hybridized carbons (Fsp3) is 0.389. The van der Waals surface area contributed by atoms with Crippen molar-refractivity contribution in [3.05, 3.63) is 46.5 Å². The van der Waals surface area contributed by atoms with E-state index >= 15 is 0 Å². The third-order valence-electron chi connectivity index (χ3n) is 5.98. The minimum absolute atomic E-state index is 0.163. The van der Waals surface area contributed by atoms with Crippen LogP contribution >= 0.6 is 15.9 Å². The van der Waals surface area contributed by atoms with E-state index in [-0.39, 0.29) is 35.5 Å². The predicted molar refractivity (Wildman–Crippen MR) is 88.2 cm³/mol. The Hall–Kier alpha value is -1.95. The van der Waals surface area contributed by atoms with Crippen LogP contribution < -0.4 is 5.43 Å². The highest BCUT2D eigenvalue weighted by Gasteiger charge is 2.67. The predicted octanol–water partition coefficient (Wildman–Crippen LogP) is 2.15. The third-order valence-corrected chi connectivity index (χ3v) is 6.51. The zero-order valence-corrected chi connectivity index (χ0v) is 14.3. The molecular formula is C18H15BrN2O3. The number of allylic oxidation sites excluding steroid dienone is 2. The van der Waals surface area contributed by atoms with Crippen LogP contribution in [0.3, 0.4) is 0 Å². The van der Waals surface area contributed by atoms with Gasteiger partial charge in [0.05, 0.1) is 11.8 Å². The summed E-state index contributed by atoms with van der Waals surface area (Å²) in [6, 6.07) is 6.80. The molecule has 4 aliphatic carbocycles. The average Bonchev–Trinajstić information content (AvgIpc) is 3.36. The SMILES string of the molecule is O=C(NN1C(=O)[C@H]2[C@H]3C=C[C@@H]([C@H]4C[C@H]34)[C@@H]2C1=O)c1ccc(Br)cc1. The maximum atomic E-state index is 12.8. The van der Waals surface area contributed by atoms with E-state index in [0.29, 0.717) is 17.4 Å². The van der Waals surface area contributed by atoms with E-state index in [4.69, 9.17) is 0 Å². The number of hydrazine groups is 1. The molecule has 5 aliphatic rings. The van der Waals surface area contributed by atoms with Crippen molar-refractivity contribution in [3.63, 3.8) is 0 Å². The summed E-state index contributed by atoms with van der Waals surface area (Å²) in [6.45, 7) is 0. The minimum atomic E-state index is -0.437. The van der Waals surface area contributed by atoms with E-state index in [9.17, 15) is 14.4 Å². The highest BCUT2D eigenvalue weighted by atomic mass is 79.9. The molecular weight excluding hydrogens is 372 g/mol. The van der Waals surface area contributed by atoms with Crippen molar-refractivity contribution < 1.29 is 14.4 Å². The molecule has 0 spiro atoms. The summed E-state index contributed by atoms with van der Waals surface area (Å²) in [6.07, 6.45) is 5.36. The van der Waals surface area contributed by atoms with E-state index in [1.165, 1.54) is 0 Å². The molecule has 1 aliphatic heterocycles. The monoisotopic (exact) mass is 386 g/mol. The molecule has 3 amide bonds. The number of carbonyl (C=O) groups excluding carboxylic acids is 3. The van der Waals surface area contributed by atoms with E-state index < -0.39 is 5.91 Å². The number of benzene rings is 1. The van der Waals surface area contributed by atoms with Crippen molar-refractivity contribution in [2.45, 2.75) is 6.42 Å². The van der Waals surface area contributed by atoms with Crippen molar-refractivity contribution in [1.82, 2.24) is 10.4 Å². The lowest BCUT2D eigenvalue weighted by Crippen LogP contribution is -2.46. The molecule has 0 radical (unpaired) electrons. The Balaban J connectivity index is 1.40. The van der Waals surface area contributed by atoms with E-state index in [1.54, 1.807) is 24.3 Å². The van der Waals surface area contributed by atoms with Gasteiger partial charge in [-0.1, -0.05) is 28.1 Å². The summed E-state index contributed by atoms with van der Waals surface area (Å²) in [5.41, 5.74) is 2.94. The summed E-state index contributed by atoms with van der Waals surface area (Å²) in [4.78, 5) is 37.9. The highest BCUT2D eigenvalue weighted by molar-refractivity contribution is 9.10. The van der Waals surface area contributed by atoms with Crippen LogP contribution in [0.2, 0.25) is 0 Å². The van der Waals surface area contributed by atoms with Crippen LogP contribution in [0, 0.1) is 35.5 Å². The molecule has 6 atom stereocenters. The molecule has 2 saturated carbocycles. The van der Waals surface area contributed by atoms with Gasteiger partial charge in [-0.15, -0.1) is 0 Å². The lowest BCUT2D eigenvalue weighted by atomic mass is 9.63. The summed E-state index contributed by atoms with van der Waals surface area (Å²) in [7, 11) is 0. The highest BCUT2D eigenvalue weighted by Crippen LogP contribution is 2.65. The average molecular weight is 387 g/mol. The largest absolute Gasteiger partial charge is 0.272 e. The second kappa shape index (κ2) is 4.79. The standard InChI is InChI=1S/C18H15BrN2O3/c19-9-3-1-8(2-4-9)16(22)20-21-17(23)14-10-5-6-11(13-7-12(10)13)15(14)18(21)24/h1-6,10-15H,7H2,(H,20,22)/t10-,11-,12+,13+,14-,15-/m0/s1. The molecule has 122 valence electrons. The van der Waals surface area contributed by atoms with Gasteiger partial charge in [0.1, 0.15) is 0 Å². The molecule has 2 bridgehead atoms. The molecule has 1 saturated heterocycles. The Labute approximate surface area is 147 Å². The van der Waals surface area contributed by atoms with Gasteiger partial charge in [-0.25, -0.2) is 0 Å². The molecule has 1 heterocycles. The van der Waals surface area contributed by atoms with Crippen molar-refractivity contribution in [2.75, 3.05) is 0 Å². The molecule has 24 heavy (non-hydrogen) atoms. The summed E-state index contributed by atoms with van der Waals surface area (Å²) in [5.74, 6) is -0.0797. The van der Waals surface area contributed by atoms with Gasteiger partial charge >= 0.3 is 0 Å². The van der Waals surface area contributed by atoms with Crippen LogP contribution in [0.1, 0.15) is 16.8 Å². The molecule has 0 unspecified atom stereocenters. The van der Waals surface area contributed by atoms with Crippen molar-refractivity contribution in [2.24, 2.45) is 35.5 Å². The van der Waals surface area contributed by atoms with Crippen molar-refractivity contribution >= 4 is 33.7 Å². The second-order valence-corrected chi connectivity index (χ2v) is 8.03. The van der Waals surface area contributed by atoms with Gasteiger partial charge in [-0.2, -0.15) is 5.01 Å². The van der Waals surface area contributed by atoms with E-state index in [2.05, 4.69) is 33.5 Å². The van der Waals surface area contributed by atoms with Gasteiger partial charge in [0.15, 0.2) is 0 Å². The maximum Gasteiger partial charge on any atom is 0.270 e. The van der Waals surface area contributed by atoms with Crippen LogP contribution in [0.15, 0.2) is 40.9 Å². The molecule has 0 aromatic heterocycles. The van der Waals surface area contributed by atoms with Gasteiger partial charge in [0.25, 0.3) is 17.7 Å². The molecule has 1 aromatic rings. The molecule has 1 N–H and O–H groups in total. The molecule has 6 heteroatoms. The van der Waals surface area contributed by atoms with E-state index in [1.807, 2.05) is 0 Å². The first-order chi connectivity index (χ1) is 11.6. The molecule has 5 nitrogen and oxygen atoms in total. The fourth-order valence-corrected chi connectivity index (χ4v) is 5.10. The number of nitrogens with one attached hydrogen (secondary N) is 1. The van der Waals surface area contributed by atoms with Crippen molar-refractivity contribution in [1.29, 1.82) is 0 Å². The van der Waals surface area contributed by atoms with Crippen LogP contribution in [0.4, 0.5) is 0 Å². The smallest absolute Gasteiger partial charge is 0.270 e. The Morgan fingerprint density at radius 3 is 2.08 bits per heavy atom.